The first-order valence-electron chi connectivity index (χ1n) is 12.3. The molecule has 3 aromatic rings. The molecule has 1 amide bonds. The van der Waals surface area contributed by atoms with Gasteiger partial charge in [0.05, 0.1) is 11.1 Å². The van der Waals surface area contributed by atoms with Gasteiger partial charge in [0, 0.05) is 11.1 Å². The van der Waals surface area contributed by atoms with Crippen molar-refractivity contribution in [2.24, 2.45) is 5.92 Å². The van der Waals surface area contributed by atoms with Gasteiger partial charge in [0.15, 0.2) is 0 Å². The quantitative estimate of drug-likeness (QED) is 0.193. The van der Waals surface area contributed by atoms with E-state index >= 15 is 0 Å². The van der Waals surface area contributed by atoms with Gasteiger partial charge >= 0.3 is 12.1 Å². The van der Waals surface area contributed by atoms with E-state index in [1.807, 2.05) is 13.8 Å². The zero-order valence-corrected chi connectivity index (χ0v) is 21.3. The molecular weight excluding hydrogens is 497 g/mol. The minimum absolute atomic E-state index is 0.0794. The minimum atomic E-state index is -4.46. The van der Waals surface area contributed by atoms with Gasteiger partial charge in [-0.25, -0.2) is 4.79 Å². The van der Waals surface area contributed by atoms with Crippen LogP contribution < -0.4 is 15.8 Å². The molecule has 6 nitrogen and oxygen atoms in total. The first-order chi connectivity index (χ1) is 17.9. The van der Waals surface area contributed by atoms with E-state index in [-0.39, 0.29) is 23.8 Å². The number of carbonyl (C=O) groups excluding carboxylic acids is 1. The third-order valence-electron chi connectivity index (χ3n) is 6.54. The summed E-state index contributed by atoms with van der Waals surface area (Å²) in [5, 5.41) is 13.6. The largest absolute Gasteiger partial charge is 0.487 e. The van der Waals surface area contributed by atoms with Crippen molar-refractivity contribution in [3.05, 3.63) is 83.4 Å². The standard InChI is InChI=1S/C29H31F3N2O4/c1-4-18(5-2)14-17(3)25(28(36)37)34-27(35)24-12-8-20-15-22(33)11-13-23(20)26(24)38-16-19-6-9-21(10-7-19)29(30,31)32/h6-13,15,18,25H,3-5,14,16,33H2,1-2H3,(H,34,35)(H,36,37)/t25-/m0/s1. The highest BCUT2D eigenvalue weighted by Gasteiger charge is 2.30. The molecule has 4 N–H and O–H groups in total. The molecule has 0 heterocycles. The molecule has 3 aromatic carbocycles. The number of amides is 1. The Morgan fingerprint density at radius 2 is 1.71 bits per heavy atom. The first kappa shape index (κ1) is 28.6. The van der Waals surface area contributed by atoms with Gasteiger partial charge in [-0.1, -0.05) is 51.5 Å². The lowest BCUT2D eigenvalue weighted by Crippen LogP contribution is -2.42. The Balaban J connectivity index is 1.92. The summed E-state index contributed by atoms with van der Waals surface area (Å²) in [6, 6.07) is 11.4. The fourth-order valence-corrected chi connectivity index (χ4v) is 4.21. The highest BCUT2D eigenvalue weighted by atomic mass is 19.4. The monoisotopic (exact) mass is 528 g/mol. The van der Waals surface area contributed by atoms with Crippen molar-refractivity contribution in [2.45, 2.75) is 51.9 Å². The van der Waals surface area contributed by atoms with Crippen LogP contribution in [0.1, 0.15) is 54.6 Å². The highest BCUT2D eigenvalue weighted by molar-refractivity contribution is 6.05. The number of fused-ring (bicyclic) bond motifs is 1. The van der Waals surface area contributed by atoms with Crippen molar-refractivity contribution < 1.29 is 32.6 Å². The summed E-state index contributed by atoms with van der Waals surface area (Å²) in [5.41, 5.74) is 6.53. The smallest absolute Gasteiger partial charge is 0.416 e. The van der Waals surface area contributed by atoms with Crippen molar-refractivity contribution >= 4 is 28.3 Å². The van der Waals surface area contributed by atoms with Gasteiger partial charge in [-0.2, -0.15) is 13.2 Å². The van der Waals surface area contributed by atoms with E-state index in [0.717, 1.165) is 25.0 Å². The van der Waals surface area contributed by atoms with E-state index in [9.17, 15) is 27.9 Å². The number of anilines is 1. The van der Waals surface area contributed by atoms with Crippen molar-refractivity contribution in [1.29, 1.82) is 0 Å². The average molecular weight is 529 g/mol. The van der Waals surface area contributed by atoms with Gasteiger partial charge in [0.2, 0.25) is 0 Å². The molecule has 0 radical (unpaired) electrons. The number of nitrogen functional groups attached to an aromatic ring is 1. The van der Waals surface area contributed by atoms with E-state index < -0.39 is 29.7 Å². The molecule has 3 rings (SSSR count). The van der Waals surface area contributed by atoms with Gasteiger partial charge in [0.25, 0.3) is 5.91 Å². The maximum absolute atomic E-state index is 13.3. The van der Waals surface area contributed by atoms with E-state index in [1.165, 1.54) is 18.2 Å². The first-order valence-corrected chi connectivity index (χ1v) is 12.3. The maximum atomic E-state index is 13.3. The number of rotatable bonds is 11. The molecule has 0 aliphatic rings. The molecule has 0 bridgehead atoms. The predicted molar refractivity (Wildman–Crippen MR) is 141 cm³/mol. The van der Waals surface area contributed by atoms with Crippen LogP contribution >= 0.6 is 0 Å². The highest BCUT2D eigenvalue weighted by Crippen LogP contribution is 2.33. The van der Waals surface area contributed by atoms with Gasteiger partial charge < -0.3 is 20.9 Å². The molecule has 202 valence electrons. The SMILES string of the molecule is C=C(CC(CC)CC)[C@H](NC(=O)c1ccc2cc(N)ccc2c1OCc1ccc(C(F)(F)F)cc1)C(=O)O. The lowest BCUT2D eigenvalue weighted by Gasteiger charge is -2.22. The Kier molecular flexibility index (Phi) is 9.04. The summed E-state index contributed by atoms with van der Waals surface area (Å²) in [7, 11) is 0. The summed E-state index contributed by atoms with van der Waals surface area (Å²) in [6.45, 7) is 7.82. The van der Waals surface area contributed by atoms with E-state index in [0.29, 0.717) is 34.0 Å². The third-order valence-corrected chi connectivity index (χ3v) is 6.54. The third kappa shape index (κ3) is 6.85. The molecule has 0 aromatic heterocycles. The number of carboxylic acids is 1. The van der Waals surface area contributed by atoms with Crippen LogP contribution in [0.15, 0.2) is 66.7 Å². The molecule has 0 aliphatic heterocycles. The van der Waals surface area contributed by atoms with Gasteiger partial charge in [-0.05, 0) is 65.3 Å². The second-order valence-corrected chi connectivity index (χ2v) is 9.20. The number of alkyl halides is 3. The van der Waals surface area contributed by atoms with Crippen molar-refractivity contribution in [3.63, 3.8) is 0 Å². The number of carboxylic acid groups (broad SMARTS) is 1. The van der Waals surface area contributed by atoms with Crippen molar-refractivity contribution in [1.82, 2.24) is 5.32 Å². The average Bonchev–Trinajstić information content (AvgIpc) is 2.87. The summed E-state index contributed by atoms with van der Waals surface area (Å²) >= 11 is 0. The molecular formula is C29H31F3N2O4. The number of benzene rings is 3. The molecule has 0 fully saturated rings. The van der Waals surface area contributed by atoms with E-state index in [2.05, 4.69) is 11.9 Å². The minimum Gasteiger partial charge on any atom is -0.487 e. The number of nitrogens with two attached hydrogens (primary N) is 1. The topological polar surface area (TPSA) is 102 Å². The number of ether oxygens (including phenoxy) is 1. The van der Waals surface area contributed by atoms with Crippen LogP contribution in [-0.2, 0) is 17.6 Å². The lowest BCUT2D eigenvalue weighted by molar-refractivity contribution is -0.138. The Bertz CT molecular complexity index is 1320. The summed E-state index contributed by atoms with van der Waals surface area (Å²) < 4.78 is 44.7. The Hall–Kier alpha value is -4.01. The number of hydrogen-bond acceptors (Lipinski definition) is 4. The van der Waals surface area contributed by atoms with Crippen LogP contribution in [0.25, 0.3) is 10.8 Å². The van der Waals surface area contributed by atoms with Crippen LogP contribution in [0, 0.1) is 5.92 Å². The molecule has 0 aliphatic carbocycles. The lowest BCUT2D eigenvalue weighted by atomic mass is 9.91. The molecule has 0 unspecified atom stereocenters. The molecule has 1 atom stereocenters. The summed E-state index contributed by atoms with van der Waals surface area (Å²) in [6.07, 6.45) is -2.30. The number of halogens is 3. The molecule has 0 saturated carbocycles. The van der Waals surface area contributed by atoms with Crippen molar-refractivity contribution in [3.8, 4) is 5.75 Å². The van der Waals surface area contributed by atoms with Gasteiger partial charge in [0.1, 0.15) is 18.4 Å². The van der Waals surface area contributed by atoms with Crippen LogP contribution in [0.3, 0.4) is 0 Å². The molecule has 38 heavy (non-hydrogen) atoms. The van der Waals surface area contributed by atoms with Gasteiger partial charge in [-0.3, -0.25) is 4.79 Å². The normalized spacial score (nSPS) is 12.4. The number of aliphatic carboxylic acids is 1. The van der Waals surface area contributed by atoms with Crippen LogP contribution in [0.5, 0.6) is 5.75 Å². The van der Waals surface area contributed by atoms with Crippen molar-refractivity contribution in [2.75, 3.05) is 5.73 Å². The number of nitrogens with one attached hydrogen (secondary N) is 1. The molecule has 9 heteroatoms. The molecule has 0 saturated heterocycles. The summed E-state index contributed by atoms with van der Waals surface area (Å²) in [4.78, 5) is 25.4. The maximum Gasteiger partial charge on any atom is 0.416 e. The fraction of sp³-hybridized carbons (Fsp3) is 0.310. The predicted octanol–water partition coefficient (Wildman–Crippen LogP) is 6.59. The number of hydrogen-bond donors (Lipinski definition) is 3. The zero-order chi connectivity index (χ0) is 28.0. The summed E-state index contributed by atoms with van der Waals surface area (Å²) in [5.74, 6) is -1.50. The zero-order valence-electron chi connectivity index (χ0n) is 21.3. The Morgan fingerprint density at radius 1 is 1.05 bits per heavy atom. The van der Waals surface area contributed by atoms with Gasteiger partial charge in [-0.15, -0.1) is 0 Å². The number of carbonyl (C=O) groups is 2. The van der Waals surface area contributed by atoms with Crippen LogP contribution in [0.4, 0.5) is 18.9 Å². The second kappa shape index (κ2) is 12.0. The fourth-order valence-electron chi connectivity index (χ4n) is 4.21. The van der Waals surface area contributed by atoms with Crippen LogP contribution in [-0.4, -0.2) is 23.0 Å². The Labute approximate surface area is 219 Å². The van der Waals surface area contributed by atoms with E-state index in [1.54, 1.807) is 24.3 Å². The Morgan fingerprint density at radius 3 is 2.29 bits per heavy atom. The molecule has 0 spiro atoms. The van der Waals surface area contributed by atoms with Crippen LogP contribution in [0.2, 0.25) is 0 Å². The second-order valence-electron chi connectivity index (χ2n) is 9.20. The van der Waals surface area contributed by atoms with E-state index in [4.69, 9.17) is 10.5 Å².